The third-order valence-electron chi connectivity index (χ3n) is 6.42. The van der Waals surface area contributed by atoms with Crippen molar-refractivity contribution in [3.8, 4) is 5.75 Å². The topological polar surface area (TPSA) is 66.8 Å². The first-order chi connectivity index (χ1) is 17.9. The number of amides is 1. The molecule has 0 aromatic heterocycles. The molecule has 0 saturated carbocycles. The largest absolute Gasteiger partial charge is 0.507 e. The Morgan fingerprint density at radius 3 is 2.30 bits per heavy atom. The molecule has 1 fully saturated rings. The van der Waals surface area contributed by atoms with Crippen LogP contribution >= 0.6 is 11.6 Å². The zero-order valence-electron chi connectivity index (χ0n) is 20.6. The van der Waals surface area contributed by atoms with Gasteiger partial charge in [-0.2, -0.15) is 0 Å². The number of hydrogen-bond donors (Lipinski definition) is 1. The van der Waals surface area contributed by atoms with Gasteiger partial charge in [0.2, 0.25) is 0 Å². The fourth-order valence-electron chi connectivity index (χ4n) is 4.41. The minimum absolute atomic E-state index is 0.0167. The molecular weight excluding hydrogens is 493 g/mol. The maximum Gasteiger partial charge on any atom is 0.295 e. The molecule has 1 N–H and O–H groups in total. The highest BCUT2D eigenvalue weighted by Crippen LogP contribution is 2.40. The number of ketones is 1. The lowest BCUT2D eigenvalue weighted by Gasteiger charge is -2.25. The van der Waals surface area contributed by atoms with Crippen LogP contribution in [0.15, 0.2) is 78.4 Å². The number of carbonyl (C=O) groups is 2. The van der Waals surface area contributed by atoms with Crippen LogP contribution in [0, 0.1) is 5.82 Å². The average Bonchev–Trinajstić information content (AvgIpc) is 3.16. The first-order valence-corrected chi connectivity index (χ1v) is 12.8. The molecule has 0 radical (unpaired) electrons. The van der Waals surface area contributed by atoms with Gasteiger partial charge in [-0.05, 0) is 72.5 Å². The number of aliphatic hydroxyl groups excluding tert-OH is 1. The molecule has 5 nitrogen and oxygen atoms in total. The zero-order chi connectivity index (χ0) is 26.4. The first-order valence-electron chi connectivity index (χ1n) is 12.4. The minimum Gasteiger partial charge on any atom is -0.507 e. The van der Waals surface area contributed by atoms with Crippen molar-refractivity contribution >= 4 is 29.1 Å². The Hall–Kier alpha value is -3.64. The molecule has 1 aliphatic rings. The Morgan fingerprint density at radius 2 is 1.65 bits per heavy atom. The number of unbranched alkanes of at least 4 members (excludes halogenated alkanes) is 2. The van der Waals surface area contributed by atoms with Gasteiger partial charge in [-0.1, -0.05) is 55.6 Å². The van der Waals surface area contributed by atoms with E-state index in [0.717, 1.165) is 24.8 Å². The van der Waals surface area contributed by atoms with Gasteiger partial charge in [0.1, 0.15) is 17.3 Å². The SMILES string of the molecule is CCCCCOc1ccc(/C(O)=C2/C(=O)C(=O)N(CCc3ccc(F)cc3)C2c2ccc(Cl)cc2)cc1. The average molecular weight is 522 g/mol. The summed E-state index contributed by atoms with van der Waals surface area (Å²) in [5.41, 5.74) is 1.91. The number of nitrogens with zero attached hydrogens (tertiary/aromatic N) is 1. The fourth-order valence-corrected chi connectivity index (χ4v) is 4.54. The summed E-state index contributed by atoms with van der Waals surface area (Å²) in [6, 6.07) is 18.9. The van der Waals surface area contributed by atoms with E-state index in [2.05, 4.69) is 6.92 Å². The maximum absolute atomic E-state index is 13.3. The predicted octanol–water partition coefficient (Wildman–Crippen LogP) is 6.71. The third-order valence-corrected chi connectivity index (χ3v) is 6.68. The van der Waals surface area contributed by atoms with E-state index in [1.807, 2.05) is 0 Å². The van der Waals surface area contributed by atoms with Crippen LogP contribution in [0.2, 0.25) is 5.02 Å². The number of likely N-dealkylation sites (tertiary alicyclic amines) is 1. The molecule has 0 aliphatic carbocycles. The molecule has 0 bridgehead atoms. The number of aliphatic hydroxyl groups is 1. The zero-order valence-corrected chi connectivity index (χ0v) is 21.4. The highest BCUT2D eigenvalue weighted by atomic mass is 35.5. The second-order valence-electron chi connectivity index (χ2n) is 9.00. The van der Waals surface area contributed by atoms with Gasteiger partial charge in [-0.3, -0.25) is 9.59 Å². The lowest BCUT2D eigenvalue weighted by Crippen LogP contribution is -2.31. The Bertz CT molecular complexity index is 1270. The van der Waals surface area contributed by atoms with Crippen molar-refractivity contribution < 1.29 is 23.8 Å². The number of hydrogen-bond acceptors (Lipinski definition) is 4. The summed E-state index contributed by atoms with van der Waals surface area (Å²) in [5.74, 6) is -1.37. The van der Waals surface area contributed by atoms with Crippen molar-refractivity contribution in [3.63, 3.8) is 0 Å². The van der Waals surface area contributed by atoms with Crippen molar-refractivity contribution in [2.75, 3.05) is 13.2 Å². The smallest absolute Gasteiger partial charge is 0.295 e. The molecule has 1 atom stereocenters. The third kappa shape index (κ3) is 6.20. The number of halogens is 2. The van der Waals surface area contributed by atoms with Gasteiger partial charge in [0, 0.05) is 17.1 Å². The van der Waals surface area contributed by atoms with Crippen molar-refractivity contribution in [1.82, 2.24) is 4.90 Å². The van der Waals surface area contributed by atoms with Crippen molar-refractivity contribution in [2.45, 2.75) is 38.6 Å². The van der Waals surface area contributed by atoms with Crippen LogP contribution < -0.4 is 4.74 Å². The van der Waals surface area contributed by atoms with E-state index < -0.39 is 17.7 Å². The molecule has 7 heteroatoms. The van der Waals surface area contributed by atoms with Gasteiger partial charge < -0.3 is 14.7 Å². The first kappa shape index (κ1) is 26.4. The lowest BCUT2D eigenvalue weighted by atomic mass is 9.95. The van der Waals surface area contributed by atoms with Gasteiger partial charge in [0.25, 0.3) is 11.7 Å². The molecule has 1 saturated heterocycles. The number of Topliss-reactive ketones (excluding diaryl/α,β-unsaturated/α-hetero) is 1. The van der Waals surface area contributed by atoms with E-state index in [0.29, 0.717) is 34.9 Å². The molecule has 0 spiro atoms. The van der Waals surface area contributed by atoms with Crippen LogP contribution in [0.5, 0.6) is 5.75 Å². The van der Waals surface area contributed by atoms with Crippen LogP contribution in [0.25, 0.3) is 5.76 Å². The standard InChI is InChI=1S/C30H29ClFNO4/c1-2-3-4-19-37-25-15-9-22(10-16-25)28(34)26-27(21-7-11-23(31)12-8-21)33(30(36)29(26)35)18-17-20-5-13-24(32)14-6-20/h5-16,27,34H,2-4,17-19H2,1H3/b28-26-. The fraction of sp³-hybridized carbons (Fsp3) is 0.267. The summed E-state index contributed by atoms with van der Waals surface area (Å²) in [4.78, 5) is 27.8. The Morgan fingerprint density at radius 1 is 0.973 bits per heavy atom. The molecule has 37 heavy (non-hydrogen) atoms. The summed E-state index contributed by atoms with van der Waals surface area (Å²) in [7, 11) is 0. The number of ether oxygens (including phenoxy) is 1. The molecular formula is C30H29ClFNO4. The second kappa shape index (κ2) is 12.1. The van der Waals surface area contributed by atoms with Gasteiger partial charge >= 0.3 is 0 Å². The normalized spacial score (nSPS) is 16.8. The van der Waals surface area contributed by atoms with Crippen molar-refractivity contribution in [3.05, 3.63) is 106 Å². The molecule has 1 heterocycles. The summed E-state index contributed by atoms with van der Waals surface area (Å²) in [6.07, 6.45) is 3.57. The quantitative estimate of drug-likeness (QED) is 0.139. The second-order valence-corrected chi connectivity index (χ2v) is 9.44. The summed E-state index contributed by atoms with van der Waals surface area (Å²) in [5, 5.41) is 11.8. The summed E-state index contributed by atoms with van der Waals surface area (Å²) < 4.78 is 19.1. The van der Waals surface area contributed by atoms with Crippen LogP contribution in [-0.4, -0.2) is 34.8 Å². The molecule has 192 valence electrons. The van der Waals surface area contributed by atoms with Crippen LogP contribution in [0.1, 0.15) is 48.9 Å². The summed E-state index contributed by atoms with van der Waals surface area (Å²) in [6.45, 7) is 2.95. The van der Waals surface area contributed by atoms with E-state index in [1.54, 1.807) is 60.7 Å². The van der Waals surface area contributed by atoms with Gasteiger partial charge in [0.05, 0.1) is 18.2 Å². The number of rotatable bonds is 10. The molecule has 3 aromatic rings. The monoisotopic (exact) mass is 521 g/mol. The number of carbonyl (C=O) groups excluding carboxylic acids is 2. The molecule has 3 aromatic carbocycles. The van der Waals surface area contributed by atoms with Crippen LogP contribution in [0.4, 0.5) is 4.39 Å². The predicted molar refractivity (Wildman–Crippen MR) is 142 cm³/mol. The molecule has 4 rings (SSSR count). The van der Waals surface area contributed by atoms with Gasteiger partial charge in [0.15, 0.2) is 0 Å². The Kier molecular flexibility index (Phi) is 8.62. The van der Waals surface area contributed by atoms with Crippen LogP contribution in [0.3, 0.4) is 0 Å². The molecule has 1 aliphatic heterocycles. The van der Waals surface area contributed by atoms with Crippen LogP contribution in [-0.2, 0) is 16.0 Å². The highest BCUT2D eigenvalue weighted by Gasteiger charge is 2.45. The molecule has 1 amide bonds. The van der Waals surface area contributed by atoms with E-state index in [9.17, 15) is 19.1 Å². The van der Waals surface area contributed by atoms with E-state index in [4.69, 9.17) is 16.3 Å². The molecule has 1 unspecified atom stereocenters. The van der Waals surface area contributed by atoms with Gasteiger partial charge in [-0.25, -0.2) is 4.39 Å². The van der Waals surface area contributed by atoms with Crippen molar-refractivity contribution in [1.29, 1.82) is 0 Å². The Balaban J connectivity index is 1.65. The lowest BCUT2D eigenvalue weighted by molar-refractivity contribution is -0.139. The van der Waals surface area contributed by atoms with E-state index in [1.165, 1.54) is 17.0 Å². The number of benzene rings is 3. The maximum atomic E-state index is 13.3. The van der Waals surface area contributed by atoms with E-state index >= 15 is 0 Å². The minimum atomic E-state index is -0.789. The van der Waals surface area contributed by atoms with E-state index in [-0.39, 0.29) is 23.7 Å². The Labute approximate surface area is 221 Å². The van der Waals surface area contributed by atoms with Gasteiger partial charge in [-0.15, -0.1) is 0 Å². The van der Waals surface area contributed by atoms with Crippen molar-refractivity contribution in [2.24, 2.45) is 0 Å². The highest BCUT2D eigenvalue weighted by molar-refractivity contribution is 6.46. The summed E-state index contributed by atoms with van der Waals surface area (Å²) >= 11 is 6.08.